The molecule has 1 N–H and O–H groups in total. The summed E-state index contributed by atoms with van der Waals surface area (Å²) in [5.74, 6) is 1.05. The van der Waals surface area contributed by atoms with E-state index in [0.29, 0.717) is 46.1 Å². The number of halogens is 1. The van der Waals surface area contributed by atoms with Gasteiger partial charge in [0, 0.05) is 18.0 Å². The first-order valence-corrected chi connectivity index (χ1v) is 11.4. The monoisotopic (exact) mass is 451 g/mol. The number of carbonyl (C=O) groups is 1. The van der Waals surface area contributed by atoms with Crippen molar-refractivity contribution < 1.29 is 18.3 Å². The second-order valence-electron chi connectivity index (χ2n) is 7.83. The standard InChI is InChI=1S/C26H28FNO3.C2H6/c1-6-22(30-14-13-16(2)3)17(4)19-9-12-23-21(15-19)24(26(29)28-5)25(31-23)18-7-10-20(27)11-8-18;1-2/h6-12,15-16H,1,13-14H2,2-5H3,(H,28,29);1-2H3/b22-17-;. The van der Waals surface area contributed by atoms with Gasteiger partial charge in [0.25, 0.3) is 5.91 Å². The third-order valence-electron chi connectivity index (χ3n) is 5.19. The summed E-state index contributed by atoms with van der Waals surface area (Å²) in [4.78, 5) is 12.7. The normalized spacial score (nSPS) is 11.5. The lowest BCUT2D eigenvalue weighted by molar-refractivity contribution is 0.0964. The predicted molar refractivity (Wildman–Crippen MR) is 135 cm³/mol. The van der Waals surface area contributed by atoms with Crippen LogP contribution in [0.2, 0.25) is 0 Å². The molecule has 0 radical (unpaired) electrons. The van der Waals surface area contributed by atoms with Gasteiger partial charge in [-0.1, -0.05) is 40.3 Å². The third kappa shape index (κ3) is 6.13. The first-order valence-electron chi connectivity index (χ1n) is 11.4. The molecule has 1 heterocycles. The zero-order valence-electron chi connectivity index (χ0n) is 20.4. The summed E-state index contributed by atoms with van der Waals surface area (Å²) in [5, 5.41) is 3.36. The van der Waals surface area contributed by atoms with Crippen molar-refractivity contribution in [3.63, 3.8) is 0 Å². The molecule has 0 fully saturated rings. The van der Waals surface area contributed by atoms with Crippen LogP contribution in [0.25, 0.3) is 27.9 Å². The summed E-state index contributed by atoms with van der Waals surface area (Å²) in [6.45, 7) is 14.8. The highest BCUT2D eigenvalue weighted by Gasteiger charge is 2.22. The number of allylic oxidation sites excluding steroid dienone is 2. The van der Waals surface area contributed by atoms with Crippen molar-refractivity contribution in [3.8, 4) is 11.3 Å². The van der Waals surface area contributed by atoms with E-state index in [9.17, 15) is 9.18 Å². The Labute approximate surface area is 196 Å². The zero-order chi connectivity index (χ0) is 24.5. The number of amides is 1. The van der Waals surface area contributed by atoms with Crippen molar-refractivity contribution in [2.24, 2.45) is 5.92 Å². The van der Waals surface area contributed by atoms with Crippen molar-refractivity contribution in [1.82, 2.24) is 5.32 Å². The van der Waals surface area contributed by atoms with E-state index in [1.807, 2.05) is 39.0 Å². The maximum absolute atomic E-state index is 13.4. The van der Waals surface area contributed by atoms with Crippen LogP contribution < -0.4 is 5.32 Å². The van der Waals surface area contributed by atoms with Gasteiger partial charge in [-0.05, 0) is 72.9 Å². The first kappa shape index (κ1) is 25.9. The molecule has 1 amide bonds. The highest BCUT2D eigenvalue weighted by molar-refractivity contribution is 6.11. The molecule has 0 atom stereocenters. The molecule has 33 heavy (non-hydrogen) atoms. The topological polar surface area (TPSA) is 51.5 Å². The van der Waals surface area contributed by atoms with Crippen LogP contribution in [0.1, 0.15) is 57.0 Å². The van der Waals surface area contributed by atoms with Gasteiger partial charge in [0.1, 0.15) is 22.9 Å². The highest BCUT2D eigenvalue weighted by Crippen LogP contribution is 2.35. The number of nitrogens with one attached hydrogen (secondary N) is 1. The van der Waals surface area contributed by atoms with Crippen LogP contribution >= 0.6 is 0 Å². The molecule has 0 aliphatic carbocycles. The fourth-order valence-corrected chi connectivity index (χ4v) is 3.35. The lowest BCUT2D eigenvalue weighted by Gasteiger charge is -2.12. The molecule has 0 spiro atoms. The van der Waals surface area contributed by atoms with E-state index in [1.54, 1.807) is 25.3 Å². The molecule has 4 nitrogen and oxygen atoms in total. The van der Waals surface area contributed by atoms with Gasteiger partial charge in [0.15, 0.2) is 0 Å². The molecular weight excluding hydrogens is 417 g/mol. The summed E-state index contributed by atoms with van der Waals surface area (Å²) >= 11 is 0. The average Bonchev–Trinajstić information content (AvgIpc) is 3.21. The molecule has 0 bridgehead atoms. The largest absolute Gasteiger partial charge is 0.493 e. The number of rotatable bonds is 8. The molecule has 3 aromatic rings. The molecule has 0 aliphatic heterocycles. The number of hydrogen-bond acceptors (Lipinski definition) is 3. The number of furan rings is 1. The van der Waals surface area contributed by atoms with Gasteiger partial charge in [0.05, 0.1) is 12.2 Å². The maximum atomic E-state index is 13.4. The smallest absolute Gasteiger partial charge is 0.255 e. The second kappa shape index (κ2) is 12.0. The Morgan fingerprint density at radius 1 is 1.18 bits per heavy atom. The van der Waals surface area contributed by atoms with Crippen molar-refractivity contribution in [1.29, 1.82) is 0 Å². The fraction of sp³-hybridized carbons (Fsp3) is 0.321. The Morgan fingerprint density at radius 3 is 2.42 bits per heavy atom. The molecular formula is C28H34FNO3. The molecule has 0 aliphatic rings. The summed E-state index contributed by atoms with van der Waals surface area (Å²) < 4.78 is 25.3. The van der Waals surface area contributed by atoms with E-state index in [-0.39, 0.29) is 11.7 Å². The quantitative estimate of drug-likeness (QED) is 0.283. The maximum Gasteiger partial charge on any atom is 0.255 e. The molecule has 2 aromatic carbocycles. The number of benzene rings is 2. The van der Waals surface area contributed by atoms with Gasteiger partial charge in [-0.3, -0.25) is 4.79 Å². The van der Waals surface area contributed by atoms with E-state index in [4.69, 9.17) is 9.15 Å². The van der Waals surface area contributed by atoms with Gasteiger partial charge in [0.2, 0.25) is 0 Å². The van der Waals surface area contributed by atoms with Crippen LogP contribution in [0.15, 0.2) is 65.3 Å². The SMILES string of the molecule is C=C/C(OCCC(C)C)=C(\C)c1ccc2oc(-c3ccc(F)cc3)c(C(=O)NC)c2c1.CC. The minimum absolute atomic E-state index is 0.269. The number of carbonyl (C=O) groups excluding carboxylic acids is 1. The van der Waals surface area contributed by atoms with E-state index in [2.05, 4.69) is 25.7 Å². The lowest BCUT2D eigenvalue weighted by Crippen LogP contribution is -2.18. The van der Waals surface area contributed by atoms with E-state index >= 15 is 0 Å². The molecule has 5 heteroatoms. The van der Waals surface area contributed by atoms with E-state index in [0.717, 1.165) is 17.6 Å². The first-order chi connectivity index (χ1) is 15.8. The predicted octanol–water partition coefficient (Wildman–Crippen LogP) is 7.60. The number of hydrogen-bond donors (Lipinski definition) is 1. The number of ether oxygens (including phenoxy) is 1. The van der Waals surface area contributed by atoms with Crippen molar-refractivity contribution in [2.75, 3.05) is 13.7 Å². The Balaban J connectivity index is 0.00000187. The van der Waals surface area contributed by atoms with Crippen LogP contribution in [0, 0.1) is 11.7 Å². The highest BCUT2D eigenvalue weighted by atomic mass is 19.1. The van der Waals surface area contributed by atoms with Gasteiger partial charge in [-0.25, -0.2) is 4.39 Å². The van der Waals surface area contributed by atoms with Crippen LogP contribution in [0.4, 0.5) is 4.39 Å². The Bertz CT molecular complexity index is 1120. The van der Waals surface area contributed by atoms with Gasteiger partial charge < -0.3 is 14.5 Å². The summed E-state index contributed by atoms with van der Waals surface area (Å²) in [6, 6.07) is 11.6. The minimum Gasteiger partial charge on any atom is -0.493 e. The molecule has 176 valence electrons. The Morgan fingerprint density at radius 2 is 1.85 bits per heavy atom. The summed E-state index contributed by atoms with van der Waals surface area (Å²) in [5.41, 5.74) is 3.46. The summed E-state index contributed by atoms with van der Waals surface area (Å²) in [7, 11) is 1.57. The van der Waals surface area contributed by atoms with E-state index < -0.39 is 0 Å². The van der Waals surface area contributed by atoms with Crippen molar-refractivity contribution in [2.45, 2.75) is 41.0 Å². The van der Waals surface area contributed by atoms with Crippen LogP contribution in [-0.2, 0) is 4.74 Å². The summed E-state index contributed by atoms with van der Waals surface area (Å²) in [6.07, 6.45) is 2.66. The fourth-order valence-electron chi connectivity index (χ4n) is 3.35. The Kier molecular flexibility index (Phi) is 9.46. The Hall–Kier alpha value is -3.34. The van der Waals surface area contributed by atoms with Crippen LogP contribution in [0.3, 0.4) is 0 Å². The van der Waals surface area contributed by atoms with Gasteiger partial charge in [-0.2, -0.15) is 0 Å². The van der Waals surface area contributed by atoms with Crippen LogP contribution in [0.5, 0.6) is 0 Å². The molecule has 3 rings (SSSR count). The lowest BCUT2D eigenvalue weighted by atomic mass is 10.00. The molecule has 1 aromatic heterocycles. The zero-order valence-corrected chi connectivity index (χ0v) is 20.4. The van der Waals surface area contributed by atoms with Crippen molar-refractivity contribution in [3.05, 3.63) is 77.8 Å². The minimum atomic E-state index is -0.348. The molecule has 0 saturated carbocycles. The van der Waals surface area contributed by atoms with Gasteiger partial charge >= 0.3 is 0 Å². The second-order valence-corrected chi connectivity index (χ2v) is 7.83. The van der Waals surface area contributed by atoms with Crippen LogP contribution in [-0.4, -0.2) is 19.6 Å². The third-order valence-corrected chi connectivity index (χ3v) is 5.19. The van der Waals surface area contributed by atoms with E-state index in [1.165, 1.54) is 12.1 Å². The van der Waals surface area contributed by atoms with Crippen molar-refractivity contribution >= 4 is 22.4 Å². The molecule has 0 saturated heterocycles. The molecule has 0 unspecified atom stereocenters. The van der Waals surface area contributed by atoms with Gasteiger partial charge in [-0.15, -0.1) is 0 Å². The number of fused-ring (bicyclic) bond motifs is 1. The average molecular weight is 452 g/mol.